The molecule has 0 saturated heterocycles. The number of nitrogens with zero attached hydrogens (tertiary/aromatic N) is 3. The summed E-state index contributed by atoms with van der Waals surface area (Å²) in [7, 11) is 1.85. The van der Waals surface area contributed by atoms with E-state index in [9.17, 15) is 14.5 Å². The van der Waals surface area contributed by atoms with Gasteiger partial charge in [-0.3, -0.25) is 14.8 Å². The Morgan fingerprint density at radius 2 is 2.20 bits per heavy atom. The minimum atomic E-state index is -0.595. The van der Waals surface area contributed by atoms with Crippen LogP contribution in [0.3, 0.4) is 0 Å². The number of aromatic nitrogens is 2. The molecular weight excluding hydrogens is 263 g/mol. The molecule has 1 aromatic carbocycles. The molecule has 1 N–H and O–H groups in total. The van der Waals surface area contributed by atoms with E-state index < -0.39 is 10.7 Å². The first-order valence-corrected chi connectivity index (χ1v) is 6.16. The van der Waals surface area contributed by atoms with Crippen molar-refractivity contribution < 1.29 is 9.31 Å². The predicted molar refractivity (Wildman–Crippen MR) is 71.7 cm³/mol. The van der Waals surface area contributed by atoms with E-state index in [1.54, 1.807) is 10.9 Å². The number of benzene rings is 1. The van der Waals surface area contributed by atoms with Crippen LogP contribution in [0.1, 0.15) is 11.1 Å². The second-order valence-corrected chi connectivity index (χ2v) is 4.52. The van der Waals surface area contributed by atoms with Gasteiger partial charge in [0, 0.05) is 25.9 Å². The summed E-state index contributed by atoms with van der Waals surface area (Å²) in [6, 6.07) is 3.59. The van der Waals surface area contributed by atoms with Crippen LogP contribution < -0.4 is 5.32 Å². The molecule has 0 aliphatic carbocycles. The van der Waals surface area contributed by atoms with Gasteiger partial charge in [0.05, 0.1) is 17.2 Å². The van der Waals surface area contributed by atoms with Crippen LogP contribution in [0.5, 0.6) is 0 Å². The molecule has 0 unspecified atom stereocenters. The average molecular weight is 278 g/mol. The Morgan fingerprint density at radius 1 is 1.40 bits per heavy atom. The highest BCUT2D eigenvalue weighted by atomic mass is 19.1. The molecule has 0 spiro atoms. The van der Waals surface area contributed by atoms with E-state index in [1.165, 1.54) is 12.1 Å². The predicted octanol–water partition coefficient (Wildman–Crippen LogP) is 1.80. The lowest BCUT2D eigenvalue weighted by Crippen LogP contribution is -2.16. The summed E-state index contributed by atoms with van der Waals surface area (Å²) >= 11 is 0. The lowest BCUT2D eigenvalue weighted by Gasteiger charge is -2.04. The van der Waals surface area contributed by atoms with Crippen molar-refractivity contribution in [2.24, 2.45) is 7.05 Å². The van der Waals surface area contributed by atoms with Crippen molar-refractivity contribution in [3.05, 3.63) is 57.7 Å². The van der Waals surface area contributed by atoms with E-state index in [0.717, 1.165) is 18.1 Å². The fourth-order valence-corrected chi connectivity index (χ4v) is 1.91. The van der Waals surface area contributed by atoms with Gasteiger partial charge in [0.15, 0.2) is 0 Å². The summed E-state index contributed by atoms with van der Waals surface area (Å²) in [6.07, 6.45) is 4.51. The van der Waals surface area contributed by atoms with Crippen LogP contribution in [0, 0.1) is 15.9 Å². The second-order valence-electron chi connectivity index (χ2n) is 4.52. The number of non-ortho nitro benzene ring substituents is 1. The van der Waals surface area contributed by atoms with E-state index in [1.807, 2.05) is 13.2 Å². The fraction of sp³-hybridized carbons (Fsp3) is 0.308. The van der Waals surface area contributed by atoms with Gasteiger partial charge in [-0.1, -0.05) is 0 Å². The monoisotopic (exact) mass is 278 g/mol. The molecule has 7 heteroatoms. The summed E-state index contributed by atoms with van der Waals surface area (Å²) in [5.74, 6) is -0.594. The first kappa shape index (κ1) is 14.1. The van der Waals surface area contributed by atoms with Gasteiger partial charge in [-0.05, 0) is 30.2 Å². The summed E-state index contributed by atoms with van der Waals surface area (Å²) < 4.78 is 14.9. The van der Waals surface area contributed by atoms with E-state index in [-0.39, 0.29) is 5.69 Å². The Kier molecular flexibility index (Phi) is 4.41. The topological polar surface area (TPSA) is 73.0 Å². The number of rotatable bonds is 6. The van der Waals surface area contributed by atoms with Crippen molar-refractivity contribution in [1.82, 2.24) is 15.1 Å². The zero-order chi connectivity index (χ0) is 14.5. The van der Waals surface area contributed by atoms with Gasteiger partial charge in [0.1, 0.15) is 5.82 Å². The fourth-order valence-electron chi connectivity index (χ4n) is 1.91. The third-order valence-electron chi connectivity index (χ3n) is 2.83. The van der Waals surface area contributed by atoms with Crippen LogP contribution in [-0.2, 0) is 20.0 Å². The first-order chi connectivity index (χ1) is 9.54. The maximum atomic E-state index is 13.2. The Bertz CT molecular complexity index is 612. The van der Waals surface area contributed by atoms with Crippen molar-refractivity contribution in [2.75, 3.05) is 6.54 Å². The maximum absolute atomic E-state index is 13.2. The van der Waals surface area contributed by atoms with Crippen LogP contribution in [0.4, 0.5) is 10.1 Å². The van der Waals surface area contributed by atoms with Crippen LogP contribution in [0.15, 0.2) is 30.6 Å². The highest BCUT2D eigenvalue weighted by Gasteiger charge is 2.09. The molecule has 6 nitrogen and oxygen atoms in total. The Labute approximate surface area is 115 Å². The standard InChI is InChI=1S/C13H15FN4O2/c1-17-9-10(8-16-17)2-3-15-7-11-4-12(14)6-13(5-11)18(19)20/h4-6,8-9,15H,2-3,7H2,1H3. The molecular formula is C13H15FN4O2. The van der Waals surface area contributed by atoms with Crippen LogP contribution in [-0.4, -0.2) is 21.2 Å². The molecule has 0 radical (unpaired) electrons. The largest absolute Gasteiger partial charge is 0.312 e. The first-order valence-electron chi connectivity index (χ1n) is 6.16. The third-order valence-corrected chi connectivity index (χ3v) is 2.83. The summed E-state index contributed by atoms with van der Waals surface area (Å²) in [4.78, 5) is 10.0. The molecule has 0 saturated carbocycles. The van der Waals surface area contributed by atoms with Crippen molar-refractivity contribution in [3.63, 3.8) is 0 Å². The Balaban J connectivity index is 1.86. The zero-order valence-corrected chi connectivity index (χ0v) is 11.0. The van der Waals surface area contributed by atoms with Gasteiger partial charge in [-0.15, -0.1) is 0 Å². The number of hydrogen-bond acceptors (Lipinski definition) is 4. The number of aryl methyl sites for hydroxylation is 1. The van der Waals surface area contributed by atoms with E-state index in [4.69, 9.17) is 0 Å². The lowest BCUT2D eigenvalue weighted by molar-refractivity contribution is -0.385. The SMILES string of the molecule is Cn1cc(CCNCc2cc(F)cc([N+](=O)[O-])c2)cn1. The van der Waals surface area contributed by atoms with Gasteiger partial charge in [-0.2, -0.15) is 5.10 Å². The number of nitrogens with one attached hydrogen (secondary N) is 1. The molecule has 20 heavy (non-hydrogen) atoms. The van der Waals surface area contributed by atoms with Gasteiger partial charge in [-0.25, -0.2) is 4.39 Å². The third kappa shape index (κ3) is 3.86. The minimum Gasteiger partial charge on any atom is -0.312 e. The Morgan fingerprint density at radius 3 is 2.85 bits per heavy atom. The summed E-state index contributed by atoms with van der Waals surface area (Å²) in [6.45, 7) is 1.08. The molecule has 2 aromatic rings. The Hall–Kier alpha value is -2.28. The molecule has 0 amide bonds. The van der Waals surface area contributed by atoms with Gasteiger partial charge >= 0.3 is 0 Å². The van der Waals surface area contributed by atoms with Crippen molar-refractivity contribution in [2.45, 2.75) is 13.0 Å². The smallest absolute Gasteiger partial charge is 0.272 e. The van der Waals surface area contributed by atoms with Gasteiger partial charge in [0.25, 0.3) is 5.69 Å². The number of nitro groups is 1. The van der Waals surface area contributed by atoms with Crippen molar-refractivity contribution in [3.8, 4) is 0 Å². The van der Waals surface area contributed by atoms with Crippen LogP contribution in [0.2, 0.25) is 0 Å². The second kappa shape index (κ2) is 6.25. The lowest BCUT2D eigenvalue weighted by atomic mass is 10.2. The molecule has 0 atom stereocenters. The van der Waals surface area contributed by atoms with E-state index in [2.05, 4.69) is 10.4 Å². The molecule has 0 aliphatic rings. The average Bonchev–Trinajstić information content (AvgIpc) is 2.80. The van der Waals surface area contributed by atoms with Crippen molar-refractivity contribution in [1.29, 1.82) is 0 Å². The molecule has 0 bridgehead atoms. The highest BCUT2D eigenvalue weighted by Crippen LogP contribution is 2.16. The minimum absolute atomic E-state index is 0.228. The zero-order valence-electron chi connectivity index (χ0n) is 11.0. The van der Waals surface area contributed by atoms with Crippen LogP contribution >= 0.6 is 0 Å². The molecule has 1 aromatic heterocycles. The number of nitro benzene ring substituents is 1. The van der Waals surface area contributed by atoms with Crippen molar-refractivity contribution >= 4 is 5.69 Å². The molecule has 0 aliphatic heterocycles. The molecule has 1 heterocycles. The summed E-state index contributed by atoms with van der Waals surface area (Å²) in [5, 5.41) is 17.8. The number of hydrogen-bond donors (Lipinski definition) is 1. The summed E-state index contributed by atoms with van der Waals surface area (Å²) in [5.41, 5.74) is 1.43. The molecule has 2 rings (SSSR count). The molecule has 106 valence electrons. The number of halogens is 1. The van der Waals surface area contributed by atoms with E-state index >= 15 is 0 Å². The maximum Gasteiger partial charge on any atom is 0.272 e. The molecule has 0 fully saturated rings. The highest BCUT2D eigenvalue weighted by molar-refractivity contribution is 5.35. The van der Waals surface area contributed by atoms with Gasteiger partial charge < -0.3 is 5.32 Å². The normalized spacial score (nSPS) is 10.7. The van der Waals surface area contributed by atoms with Crippen LogP contribution in [0.25, 0.3) is 0 Å². The quantitative estimate of drug-likeness (QED) is 0.497. The van der Waals surface area contributed by atoms with Gasteiger partial charge in [0.2, 0.25) is 0 Å². The van der Waals surface area contributed by atoms with E-state index in [0.29, 0.717) is 18.7 Å².